The Morgan fingerprint density at radius 1 is 0.767 bits per heavy atom. The van der Waals surface area contributed by atoms with Crippen molar-refractivity contribution >= 4 is 5.69 Å². The minimum atomic E-state index is -0.748. The van der Waals surface area contributed by atoms with Crippen LogP contribution < -0.4 is 21.9 Å². The molecule has 0 unspecified atom stereocenters. The van der Waals surface area contributed by atoms with Crippen molar-refractivity contribution in [2.75, 3.05) is 31.1 Å². The summed E-state index contributed by atoms with van der Waals surface area (Å²) in [5.74, 6) is -1.50. The van der Waals surface area contributed by atoms with Crippen LogP contribution in [-0.2, 0) is 19.6 Å². The fourth-order valence-electron chi connectivity index (χ4n) is 6.15. The Labute approximate surface area is 250 Å². The standard InChI is InChI=1S/C34H39F2N5O2/c1-22-17-23(2)27(24(3)18-22)19-38-13-15-39(16-14-38)32-25(4)40(20-28-29(35)11-8-12-30(28)36)34(43)41(33(32)42)21-31(37)26-9-6-5-7-10-26/h5-12,17-18,31H,13-16,19-21,37H2,1-4H3/t31-/m1/s1. The maximum Gasteiger partial charge on any atom is 0.331 e. The molecule has 0 amide bonds. The van der Waals surface area contributed by atoms with Crippen molar-refractivity contribution in [2.24, 2.45) is 5.73 Å². The molecule has 0 saturated carbocycles. The van der Waals surface area contributed by atoms with E-state index in [0.717, 1.165) is 41.9 Å². The molecule has 43 heavy (non-hydrogen) atoms. The third-order valence-electron chi connectivity index (χ3n) is 8.55. The second-order valence-corrected chi connectivity index (χ2v) is 11.6. The van der Waals surface area contributed by atoms with Crippen molar-refractivity contribution < 1.29 is 8.78 Å². The number of hydrogen-bond acceptors (Lipinski definition) is 5. The van der Waals surface area contributed by atoms with Gasteiger partial charge in [-0.1, -0.05) is 54.1 Å². The van der Waals surface area contributed by atoms with Gasteiger partial charge in [-0.05, 0) is 62.1 Å². The summed E-state index contributed by atoms with van der Waals surface area (Å²) in [5, 5.41) is 0. The van der Waals surface area contributed by atoms with E-state index in [0.29, 0.717) is 24.5 Å². The van der Waals surface area contributed by atoms with Crippen molar-refractivity contribution in [2.45, 2.75) is 53.4 Å². The Morgan fingerprint density at radius 2 is 1.37 bits per heavy atom. The van der Waals surface area contributed by atoms with Crippen LogP contribution in [0.1, 0.15) is 45.1 Å². The lowest BCUT2D eigenvalue weighted by molar-refractivity contribution is 0.248. The lowest BCUT2D eigenvalue weighted by Crippen LogP contribution is -2.51. The van der Waals surface area contributed by atoms with Gasteiger partial charge >= 0.3 is 5.69 Å². The van der Waals surface area contributed by atoms with Gasteiger partial charge in [0.2, 0.25) is 0 Å². The molecule has 2 heterocycles. The van der Waals surface area contributed by atoms with Gasteiger partial charge in [0.25, 0.3) is 5.56 Å². The highest BCUT2D eigenvalue weighted by molar-refractivity contribution is 5.50. The van der Waals surface area contributed by atoms with Crippen LogP contribution in [0.5, 0.6) is 0 Å². The molecule has 0 radical (unpaired) electrons. The first-order valence-corrected chi connectivity index (χ1v) is 14.7. The molecular weight excluding hydrogens is 548 g/mol. The van der Waals surface area contributed by atoms with Gasteiger partial charge in [0.1, 0.15) is 17.3 Å². The van der Waals surface area contributed by atoms with E-state index in [2.05, 4.69) is 37.8 Å². The third-order valence-corrected chi connectivity index (χ3v) is 8.55. The van der Waals surface area contributed by atoms with Crippen LogP contribution in [-0.4, -0.2) is 40.2 Å². The lowest BCUT2D eigenvalue weighted by Gasteiger charge is -2.37. The Kier molecular flexibility index (Phi) is 8.94. The van der Waals surface area contributed by atoms with Crippen molar-refractivity contribution in [3.63, 3.8) is 0 Å². The van der Waals surface area contributed by atoms with Gasteiger partial charge in [-0.2, -0.15) is 0 Å². The van der Waals surface area contributed by atoms with E-state index in [1.807, 2.05) is 35.2 Å². The highest BCUT2D eigenvalue weighted by Crippen LogP contribution is 2.23. The minimum Gasteiger partial charge on any atom is -0.363 e. The van der Waals surface area contributed by atoms with Crippen LogP contribution in [0.2, 0.25) is 0 Å². The van der Waals surface area contributed by atoms with Crippen LogP contribution >= 0.6 is 0 Å². The minimum absolute atomic E-state index is 0.0688. The molecule has 5 rings (SSSR count). The van der Waals surface area contributed by atoms with Crippen molar-refractivity contribution in [3.8, 4) is 0 Å². The SMILES string of the molecule is Cc1cc(C)c(CN2CCN(c3c(C)n(Cc4c(F)cccc4F)c(=O)n(C[C@@H](N)c4ccccc4)c3=O)CC2)c(C)c1. The van der Waals surface area contributed by atoms with Crippen LogP contribution in [0.3, 0.4) is 0 Å². The van der Waals surface area contributed by atoms with E-state index in [-0.39, 0.29) is 18.7 Å². The predicted octanol–water partition coefficient (Wildman–Crippen LogP) is 4.59. The van der Waals surface area contributed by atoms with Crippen LogP contribution in [0.4, 0.5) is 14.5 Å². The number of hydrogen-bond donors (Lipinski definition) is 1. The van der Waals surface area contributed by atoms with E-state index in [4.69, 9.17) is 5.73 Å². The van der Waals surface area contributed by atoms with E-state index >= 15 is 0 Å². The summed E-state index contributed by atoms with van der Waals surface area (Å²) in [6, 6.07) is 16.6. The molecule has 1 aliphatic heterocycles. The molecule has 0 aliphatic carbocycles. The zero-order chi connectivity index (χ0) is 30.8. The van der Waals surface area contributed by atoms with Crippen LogP contribution in [0.15, 0.2) is 70.3 Å². The fraction of sp³-hybridized carbons (Fsp3) is 0.353. The van der Waals surface area contributed by atoms with Crippen LogP contribution in [0.25, 0.3) is 0 Å². The van der Waals surface area contributed by atoms with Gasteiger partial charge in [-0.15, -0.1) is 0 Å². The normalized spacial score (nSPS) is 14.7. The number of benzene rings is 3. The highest BCUT2D eigenvalue weighted by atomic mass is 19.1. The lowest BCUT2D eigenvalue weighted by atomic mass is 9.99. The molecule has 1 atom stereocenters. The van der Waals surface area contributed by atoms with Gasteiger partial charge in [-0.3, -0.25) is 18.8 Å². The Hall–Kier alpha value is -4.08. The van der Waals surface area contributed by atoms with Gasteiger partial charge in [0.15, 0.2) is 0 Å². The molecule has 7 nitrogen and oxygen atoms in total. The van der Waals surface area contributed by atoms with E-state index in [9.17, 15) is 18.4 Å². The number of halogens is 2. The summed E-state index contributed by atoms with van der Waals surface area (Å²) in [5.41, 5.74) is 11.7. The summed E-state index contributed by atoms with van der Waals surface area (Å²) < 4.78 is 31.8. The van der Waals surface area contributed by atoms with Gasteiger partial charge < -0.3 is 10.6 Å². The number of nitrogens with two attached hydrogens (primary N) is 1. The van der Waals surface area contributed by atoms with E-state index < -0.39 is 28.9 Å². The van der Waals surface area contributed by atoms with Crippen molar-refractivity contribution in [1.29, 1.82) is 0 Å². The molecule has 3 aromatic carbocycles. The Balaban J connectivity index is 1.49. The Morgan fingerprint density at radius 3 is 1.98 bits per heavy atom. The molecule has 1 aromatic heterocycles. The largest absolute Gasteiger partial charge is 0.363 e. The van der Waals surface area contributed by atoms with E-state index in [1.165, 1.54) is 32.9 Å². The number of piperazine rings is 1. The molecule has 0 spiro atoms. The summed E-state index contributed by atoms with van der Waals surface area (Å²) in [6.07, 6.45) is 0. The zero-order valence-electron chi connectivity index (χ0n) is 25.2. The summed E-state index contributed by atoms with van der Waals surface area (Å²) in [4.78, 5) is 32.1. The topological polar surface area (TPSA) is 76.5 Å². The molecule has 226 valence electrons. The second-order valence-electron chi connectivity index (χ2n) is 11.6. The quantitative estimate of drug-likeness (QED) is 0.326. The molecule has 4 aromatic rings. The average Bonchev–Trinajstić information content (AvgIpc) is 2.97. The monoisotopic (exact) mass is 587 g/mol. The Bertz CT molecular complexity index is 1700. The van der Waals surface area contributed by atoms with Crippen molar-refractivity contribution in [1.82, 2.24) is 14.0 Å². The van der Waals surface area contributed by atoms with Gasteiger partial charge in [0, 0.05) is 50.0 Å². The van der Waals surface area contributed by atoms with E-state index in [1.54, 1.807) is 6.92 Å². The second kappa shape index (κ2) is 12.7. The summed E-state index contributed by atoms with van der Waals surface area (Å²) in [6.45, 7) is 11.0. The zero-order valence-corrected chi connectivity index (χ0v) is 25.2. The summed E-state index contributed by atoms with van der Waals surface area (Å²) >= 11 is 0. The number of anilines is 1. The molecule has 2 N–H and O–H groups in total. The first-order chi connectivity index (χ1) is 20.5. The van der Waals surface area contributed by atoms with Crippen molar-refractivity contribution in [3.05, 3.63) is 132 Å². The molecule has 9 heteroatoms. The third kappa shape index (κ3) is 6.33. The number of aryl methyl sites for hydroxylation is 3. The molecule has 1 aliphatic rings. The first-order valence-electron chi connectivity index (χ1n) is 14.7. The molecule has 1 saturated heterocycles. The number of aromatic nitrogens is 2. The fourth-order valence-corrected chi connectivity index (χ4v) is 6.15. The maximum atomic E-state index is 14.7. The number of rotatable bonds is 8. The molecular formula is C34H39F2N5O2. The summed E-state index contributed by atoms with van der Waals surface area (Å²) in [7, 11) is 0. The van der Waals surface area contributed by atoms with Gasteiger partial charge in [-0.25, -0.2) is 13.6 Å². The average molecular weight is 588 g/mol. The molecule has 1 fully saturated rings. The number of nitrogens with zero attached hydrogens (tertiary/aromatic N) is 4. The van der Waals surface area contributed by atoms with Crippen LogP contribution in [0, 0.1) is 39.3 Å². The first kappa shape index (κ1) is 30.4. The maximum absolute atomic E-state index is 14.7. The smallest absolute Gasteiger partial charge is 0.331 e. The highest BCUT2D eigenvalue weighted by Gasteiger charge is 2.27. The molecule has 0 bridgehead atoms. The predicted molar refractivity (Wildman–Crippen MR) is 167 cm³/mol. The van der Waals surface area contributed by atoms with Gasteiger partial charge in [0.05, 0.1) is 13.1 Å².